The highest BCUT2D eigenvalue weighted by Gasteiger charge is 2.38. The number of hydrogen-bond acceptors (Lipinski definition) is 1. The van der Waals surface area contributed by atoms with Gasteiger partial charge in [0.05, 0.1) is 6.61 Å². The zero-order chi connectivity index (χ0) is 14.3. The molecule has 3 unspecified atom stereocenters. The topological polar surface area (TPSA) is 9.23 Å². The monoisotopic (exact) mass is 296 g/mol. The van der Waals surface area contributed by atoms with E-state index in [0.717, 1.165) is 5.57 Å². The normalized spacial score (nSPS) is 30.0. The van der Waals surface area contributed by atoms with Crippen LogP contribution in [0.2, 0.25) is 5.02 Å². The van der Waals surface area contributed by atoms with Crippen molar-refractivity contribution >= 4 is 11.6 Å². The smallest absolute Gasteiger partial charge is 0.155 e. The first-order chi connectivity index (χ1) is 9.56. The fourth-order valence-corrected chi connectivity index (χ4v) is 2.98. The van der Waals surface area contributed by atoms with Crippen LogP contribution in [0.1, 0.15) is 25.0 Å². The van der Waals surface area contributed by atoms with Gasteiger partial charge in [-0.2, -0.15) is 0 Å². The van der Waals surface area contributed by atoms with Crippen molar-refractivity contribution in [1.82, 2.24) is 0 Å². The van der Waals surface area contributed by atoms with Crippen molar-refractivity contribution in [2.24, 2.45) is 0 Å². The Hall–Kier alpha value is -1.19. The first-order valence-corrected chi connectivity index (χ1v) is 6.99. The lowest BCUT2D eigenvalue weighted by Crippen LogP contribution is -2.33. The number of rotatable bonds is 1. The Morgan fingerprint density at radius 3 is 2.60 bits per heavy atom. The van der Waals surface area contributed by atoms with E-state index in [1.165, 1.54) is 0 Å². The number of ether oxygens (including phenoxy) is 1. The summed E-state index contributed by atoms with van der Waals surface area (Å²) in [5.41, 5.74) is 2.52. The van der Waals surface area contributed by atoms with Gasteiger partial charge in [-0.15, -0.1) is 0 Å². The Morgan fingerprint density at radius 1 is 1.20 bits per heavy atom. The maximum atomic E-state index is 14.7. The minimum absolute atomic E-state index is 0.251. The molecule has 1 aliphatic carbocycles. The predicted molar refractivity (Wildman–Crippen MR) is 75.3 cm³/mol. The van der Waals surface area contributed by atoms with E-state index >= 15 is 0 Å². The van der Waals surface area contributed by atoms with Crippen molar-refractivity contribution in [1.29, 1.82) is 0 Å². The van der Waals surface area contributed by atoms with Crippen LogP contribution >= 0.6 is 11.6 Å². The molecule has 0 bridgehead atoms. The van der Waals surface area contributed by atoms with Crippen LogP contribution in [-0.2, 0) is 4.74 Å². The Balaban J connectivity index is 1.94. The van der Waals surface area contributed by atoms with Gasteiger partial charge >= 0.3 is 0 Å². The lowest BCUT2D eigenvalue weighted by molar-refractivity contribution is 0.000822. The fraction of sp³-hybridized carbons (Fsp3) is 0.375. The Labute approximate surface area is 121 Å². The summed E-state index contributed by atoms with van der Waals surface area (Å²) in [6.45, 7) is 2.11. The molecule has 0 radical (unpaired) electrons. The molecule has 20 heavy (non-hydrogen) atoms. The van der Waals surface area contributed by atoms with Gasteiger partial charge in [-0.3, -0.25) is 0 Å². The highest BCUT2D eigenvalue weighted by atomic mass is 35.5. The van der Waals surface area contributed by atoms with Crippen LogP contribution in [0.3, 0.4) is 0 Å². The molecule has 0 spiro atoms. The van der Waals surface area contributed by atoms with Crippen LogP contribution in [0.5, 0.6) is 0 Å². The zero-order valence-electron chi connectivity index (χ0n) is 11.1. The van der Waals surface area contributed by atoms with Gasteiger partial charge in [0, 0.05) is 17.0 Å². The van der Waals surface area contributed by atoms with Crippen molar-refractivity contribution in [2.75, 3.05) is 6.61 Å². The second-order valence-electron chi connectivity index (χ2n) is 5.33. The van der Waals surface area contributed by atoms with Crippen molar-refractivity contribution in [3.63, 3.8) is 0 Å². The maximum Gasteiger partial charge on any atom is 0.155 e. The van der Waals surface area contributed by atoms with Crippen molar-refractivity contribution < 1.29 is 13.5 Å². The second kappa shape index (κ2) is 5.30. The van der Waals surface area contributed by atoms with Crippen LogP contribution in [0.25, 0.3) is 0 Å². The molecule has 1 aromatic carbocycles. The molecule has 0 saturated carbocycles. The van der Waals surface area contributed by atoms with Crippen molar-refractivity contribution in [3.05, 3.63) is 57.6 Å². The van der Waals surface area contributed by atoms with Crippen LogP contribution in [0.4, 0.5) is 8.78 Å². The minimum atomic E-state index is -1.45. The molecule has 3 atom stereocenters. The van der Waals surface area contributed by atoms with Crippen LogP contribution in [0, 0.1) is 0 Å². The third-order valence-electron chi connectivity index (χ3n) is 3.81. The summed E-state index contributed by atoms with van der Waals surface area (Å²) in [7, 11) is 0. The molecule has 2 aliphatic rings. The molecule has 4 heteroatoms. The molecule has 1 nitrogen and oxygen atoms in total. The summed E-state index contributed by atoms with van der Waals surface area (Å²) < 4.78 is 34.4. The van der Waals surface area contributed by atoms with E-state index in [2.05, 4.69) is 0 Å². The van der Waals surface area contributed by atoms with Gasteiger partial charge in [0.1, 0.15) is 12.3 Å². The molecular weight excluding hydrogens is 282 g/mol. The first-order valence-electron chi connectivity index (χ1n) is 6.61. The molecule has 3 rings (SSSR count). The average molecular weight is 297 g/mol. The molecule has 0 fully saturated rings. The van der Waals surface area contributed by atoms with Crippen LogP contribution in [0.15, 0.2) is 47.1 Å². The number of benzene rings is 1. The third kappa shape index (κ3) is 2.40. The van der Waals surface area contributed by atoms with Crippen molar-refractivity contribution in [2.45, 2.75) is 31.8 Å². The summed E-state index contributed by atoms with van der Waals surface area (Å²) >= 11 is 5.83. The van der Waals surface area contributed by atoms with Crippen LogP contribution < -0.4 is 0 Å². The Morgan fingerprint density at radius 2 is 1.90 bits per heavy atom. The molecule has 0 amide bonds. The number of hydrogen-bond donors (Lipinski definition) is 0. The summed E-state index contributed by atoms with van der Waals surface area (Å²) in [6, 6.07) is 6.83. The highest BCUT2D eigenvalue weighted by molar-refractivity contribution is 6.30. The van der Waals surface area contributed by atoms with Gasteiger partial charge in [0.2, 0.25) is 0 Å². The largest absolute Gasteiger partial charge is 0.365 e. The zero-order valence-corrected chi connectivity index (χ0v) is 11.8. The Bertz CT molecular complexity index is 577. The van der Waals surface area contributed by atoms with Gasteiger partial charge in [0.15, 0.2) is 6.17 Å². The average Bonchev–Trinajstić information content (AvgIpc) is 2.39. The number of allylic oxidation sites excluding steroid dienone is 1. The van der Waals surface area contributed by atoms with E-state index in [0.29, 0.717) is 16.2 Å². The van der Waals surface area contributed by atoms with Gasteiger partial charge in [0.25, 0.3) is 0 Å². The molecular formula is C16H15ClF2O. The summed E-state index contributed by atoms with van der Waals surface area (Å²) in [5.74, 6) is 0. The second-order valence-corrected chi connectivity index (χ2v) is 5.76. The van der Waals surface area contributed by atoms with Gasteiger partial charge in [-0.1, -0.05) is 35.4 Å². The summed E-state index contributed by atoms with van der Waals surface area (Å²) in [5, 5.41) is 0.583. The molecule has 1 aromatic rings. The van der Waals surface area contributed by atoms with E-state index in [4.69, 9.17) is 16.3 Å². The van der Waals surface area contributed by atoms with Crippen LogP contribution in [-0.4, -0.2) is 19.0 Å². The lowest BCUT2D eigenvalue weighted by Gasteiger charge is -2.34. The van der Waals surface area contributed by atoms with E-state index < -0.39 is 18.4 Å². The number of alkyl halides is 2. The molecule has 0 saturated heterocycles. The standard InChI is InChI=1S/C16H15ClF2O/c1-9-6-11-8-20-16(10-2-4-12(17)5-3-10)15(19)14(11)13(18)7-9/h2-6,13,15-16H,7-8H2,1H3. The Kier molecular flexibility index (Phi) is 3.65. The molecule has 106 valence electrons. The quantitative estimate of drug-likeness (QED) is 0.728. The first kappa shape index (κ1) is 13.8. The summed E-state index contributed by atoms with van der Waals surface area (Å²) in [6.07, 6.45) is -1.33. The maximum absolute atomic E-state index is 14.7. The van der Waals surface area contributed by atoms with E-state index in [9.17, 15) is 8.78 Å². The van der Waals surface area contributed by atoms with Gasteiger partial charge in [-0.05, 0) is 30.2 Å². The number of halogens is 3. The lowest BCUT2D eigenvalue weighted by atomic mass is 9.84. The predicted octanol–water partition coefficient (Wildman–Crippen LogP) is 4.73. The SMILES string of the molecule is CC1=CC2=C(C(F)C1)C(F)C(c1ccc(Cl)cc1)OC2. The third-order valence-corrected chi connectivity index (χ3v) is 4.06. The summed E-state index contributed by atoms with van der Waals surface area (Å²) in [4.78, 5) is 0. The van der Waals surface area contributed by atoms with Crippen molar-refractivity contribution in [3.8, 4) is 0 Å². The fourth-order valence-electron chi connectivity index (χ4n) is 2.85. The highest BCUT2D eigenvalue weighted by Crippen LogP contribution is 2.41. The molecule has 0 N–H and O–H groups in total. The molecule has 1 heterocycles. The van der Waals surface area contributed by atoms with E-state index in [1.54, 1.807) is 24.3 Å². The van der Waals surface area contributed by atoms with E-state index in [-0.39, 0.29) is 18.6 Å². The minimum Gasteiger partial charge on any atom is -0.365 e. The molecule has 0 aromatic heterocycles. The van der Waals surface area contributed by atoms with Gasteiger partial charge in [-0.25, -0.2) is 8.78 Å². The van der Waals surface area contributed by atoms with E-state index in [1.807, 2.05) is 13.0 Å². The molecule has 1 aliphatic heterocycles. The van der Waals surface area contributed by atoms with Gasteiger partial charge < -0.3 is 4.74 Å².